The summed E-state index contributed by atoms with van der Waals surface area (Å²) in [6.45, 7) is 1.33. The van der Waals surface area contributed by atoms with Crippen molar-refractivity contribution in [3.63, 3.8) is 0 Å². The highest BCUT2D eigenvalue weighted by molar-refractivity contribution is 9.09. The molecule has 3 N–H and O–H groups in total. The summed E-state index contributed by atoms with van der Waals surface area (Å²) in [5.74, 6) is -1.49. The van der Waals surface area contributed by atoms with Crippen LogP contribution in [0.5, 0.6) is 11.5 Å². The van der Waals surface area contributed by atoms with Crippen LogP contribution in [0.15, 0.2) is 28.7 Å². The molecule has 0 bridgehead atoms. The molecule has 0 aliphatic rings. The van der Waals surface area contributed by atoms with Crippen LogP contribution in [0.4, 0.5) is 4.39 Å². The molecule has 0 radical (unpaired) electrons. The number of rotatable bonds is 7. The van der Waals surface area contributed by atoms with Crippen molar-refractivity contribution in [3.05, 3.63) is 35.8 Å². The third-order valence-corrected chi connectivity index (χ3v) is 4.45. The van der Waals surface area contributed by atoms with Gasteiger partial charge in [0.1, 0.15) is 5.82 Å². The number of halogens is 2. The van der Waals surface area contributed by atoms with E-state index in [4.69, 9.17) is 13.7 Å². The molecule has 0 spiro atoms. The van der Waals surface area contributed by atoms with Crippen molar-refractivity contribution < 1.29 is 32.2 Å². The number of alkyl halides is 1. The second kappa shape index (κ2) is 8.56. The number of carbonyl (C=O) groups excluding carboxylic acids is 1. The van der Waals surface area contributed by atoms with E-state index in [1.54, 1.807) is 0 Å². The fourth-order valence-electron chi connectivity index (χ4n) is 2.07. The number of nitrogens with one attached hydrogen (secondary N) is 1. The molecule has 10 heteroatoms. The zero-order chi connectivity index (χ0) is 18.6. The lowest BCUT2D eigenvalue weighted by Crippen LogP contribution is -2.18. The summed E-state index contributed by atoms with van der Waals surface area (Å²) >= 11 is 1.18. The minimum atomic E-state index is -2.16. The summed E-state index contributed by atoms with van der Waals surface area (Å²) in [6, 6.07) is 5.23. The number of hydrogen-bond acceptors (Lipinski definition) is 5. The van der Waals surface area contributed by atoms with E-state index >= 15 is 0 Å². The molecule has 0 aliphatic heterocycles. The summed E-state index contributed by atoms with van der Waals surface area (Å²) in [6.07, 6.45) is 0.302. The van der Waals surface area contributed by atoms with Crippen molar-refractivity contribution >= 4 is 33.2 Å². The van der Waals surface area contributed by atoms with Crippen LogP contribution in [0.2, 0.25) is 0 Å². The van der Waals surface area contributed by atoms with Gasteiger partial charge in [-0.25, -0.2) is 13.3 Å². The second-order valence-electron chi connectivity index (χ2n) is 4.97. The first kappa shape index (κ1) is 19.6. The summed E-state index contributed by atoms with van der Waals surface area (Å²) in [5.41, 5.74) is 0.396. The molecule has 0 fully saturated rings. The molecule has 0 saturated carbocycles. The highest BCUT2D eigenvalue weighted by Gasteiger charge is 2.28. The van der Waals surface area contributed by atoms with Gasteiger partial charge in [0.25, 0.3) is 0 Å². The van der Waals surface area contributed by atoms with E-state index in [9.17, 15) is 18.5 Å². The summed E-state index contributed by atoms with van der Waals surface area (Å²) in [7, 11) is 0. The summed E-state index contributed by atoms with van der Waals surface area (Å²) in [5, 5.41) is 10.4. The molecule has 7 nitrogen and oxygen atoms in total. The fraction of sp³-hybridized carbons (Fsp3) is 0.267. The van der Waals surface area contributed by atoms with Crippen LogP contribution < -0.4 is 9.46 Å². The lowest BCUT2D eigenvalue weighted by atomic mass is 10.1. The Morgan fingerprint density at radius 1 is 1.44 bits per heavy atom. The topological polar surface area (TPSA) is 109 Å². The summed E-state index contributed by atoms with van der Waals surface area (Å²) < 4.78 is 45.4. The van der Waals surface area contributed by atoms with Gasteiger partial charge in [0.15, 0.2) is 11.5 Å². The molecular weight excluding hydrogens is 421 g/mol. The Labute approximate surface area is 153 Å². The molecular formula is C15H15BrFNO6S. The maximum atomic E-state index is 13.1. The standard InChI is InChI=1S/C15H15BrFNO6S/c1-8(19)23-15-12(20)13(9-2-4-10(17)5-3-9)24-14(15)11(16)6-7-18-25(21)22/h2-5,11,18,20H,6-7H2,1H3,(H,21,22). The van der Waals surface area contributed by atoms with Crippen LogP contribution in [-0.2, 0) is 16.1 Å². The first-order chi connectivity index (χ1) is 11.8. The summed E-state index contributed by atoms with van der Waals surface area (Å²) in [4.78, 5) is 10.8. The van der Waals surface area contributed by atoms with E-state index in [1.165, 1.54) is 31.2 Å². The van der Waals surface area contributed by atoms with Crippen LogP contribution in [0, 0.1) is 5.82 Å². The van der Waals surface area contributed by atoms with Gasteiger partial charge in [0.2, 0.25) is 22.8 Å². The van der Waals surface area contributed by atoms with Crippen molar-refractivity contribution in [3.8, 4) is 22.8 Å². The number of benzene rings is 1. The van der Waals surface area contributed by atoms with Crippen LogP contribution in [0.1, 0.15) is 23.9 Å². The first-order valence-corrected chi connectivity index (χ1v) is 9.10. The number of ether oxygens (including phenoxy) is 1. The molecule has 2 aromatic rings. The first-order valence-electron chi connectivity index (χ1n) is 7.08. The van der Waals surface area contributed by atoms with Crippen molar-refractivity contribution in [2.45, 2.75) is 18.2 Å². The van der Waals surface area contributed by atoms with Gasteiger partial charge in [-0.15, -0.1) is 0 Å². The average molecular weight is 436 g/mol. The van der Waals surface area contributed by atoms with Crippen molar-refractivity contribution in [1.82, 2.24) is 4.72 Å². The Morgan fingerprint density at radius 2 is 2.08 bits per heavy atom. The van der Waals surface area contributed by atoms with E-state index < -0.39 is 27.9 Å². The molecule has 1 aromatic carbocycles. The Kier molecular flexibility index (Phi) is 6.71. The highest BCUT2D eigenvalue weighted by Crippen LogP contribution is 2.48. The van der Waals surface area contributed by atoms with Gasteiger partial charge >= 0.3 is 5.97 Å². The van der Waals surface area contributed by atoms with E-state index in [-0.39, 0.29) is 29.6 Å². The normalized spacial score (nSPS) is 13.4. The highest BCUT2D eigenvalue weighted by atomic mass is 79.9. The van der Waals surface area contributed by atoms with Crippen LogP contribution in [-0.4, -0.2) is 26.4 Å². The predicted octanol–water partition coefficient (Wildman–Crippen LogP) is 3.27. The average Bonchev–Trinajstić information content (AvgIpc) is 2.84. The molecule has 2 atom stereocenters. The Hall–Kier alpha value is -1.75. The van der Waals surface area contributed by atoms with Gasteiger partial charge in [-0.1, -0.05) is 15.9 Å². The number of furan rings is 1. The van der Waals surface area contributed by atoms with Crippen LogP contribution >= 0.6 is 15.9 Å². The minimum absolute atomic E-state index is 0.0226. The van der Waals surface area contributed by atoms with Crippen LogP contribution in [0.3, 0.4) is 0 Å². The Morgan fingerprint density at radius 3 is 2.64 bits per heavy atom. The monoisotopic (exact) mass is 435 g/mol. The molecule has 136 valence electrons. The molecule has 1 heterocycles. The SMILES string of the molecule is CC(=O)Oc1c(C(Br)CCNS(=O)O)oc(-c2ccc(F)cc2)c1O. The van der Waals surface area contributed by atoms with E-state index in [1.807, 2.05) is 0 Å². The number of esters is 1. The number of hydrogen-bond donors (Lipinski definition) is 3. The smallest absolute Gasteiger partial charge is 0.308 e. The number of aromatic hydroxyl groups is 1. The molecule has 1 aromatic heterocycles. The third kappa shape index (κ3) is 5.11. The van der Waals surface area contributed by atoms with Gasteiger partial charge in [0.05, 0.1) is 4.83 Å². The number of carbonyl (C=O) groups is 1. The van der Waals surface area contributed by atoms with Crippen molar-refractivity contribution in [1.29, 1.82) is 0 Å². The van der Waals surface area contributed by atoms with E-state index in [2.05, 4.69) is 20.7 Å². The van der Waals surface area contributed by atoms with Gasteiger partial charge in [-0.05, 0) is 30.7 Å². The van der Waals surface area contributed by atoms with Gasteiger partial charge in [-0.3, -0.25) is 9.35 Å². The van der Waals surface area contributed by atoms with Crippen LogP contribution in [0.25, 0.3) is 11.3 Å². The lowest BCUT2D eigenvalue weighted by molar-refractivity contribution is -0.132. The molecule has 0 amide bonds. The Bertz CT molecular complexity index is 779. The lowest BCUT2D eigenvalue weighted by Gasteiger charge is -2.08. The molecule has 25 heavy (non-hydrogen) atoms. The Balaban J connectivity index is 2.36. The molecule has 0 aliphatic carbocycles. The maximum Gasteiger partial charge on any atom is 0.308 e. The van der Waals surface area contributed by atoms with Gasteiger partial charge in [-0.2, -0.15) is 0 Å². The van der Waals surface area contributed by atoms with Gasteiger partial charge < -0.3 is 14.3 Å². The maximum absolute atomic E-state index is 13.1. The quantitative estimate of drug-likeness (QED) is 0.349. The predicted molar refractivity (Wildman–Crippen MR) is 92.1 cm³/mol. The third-order valence-electron chi connectivity index (χ3n) is 3.13. The second-order valence-corrected chi connectivity index (χ2v) is 6.87. The van der Waals surface area contributed by atoms with Crippen molar-refractivity contribution in [2.24, 2.45) is 0 Å². The molecule has 2 unspecified atom stereocenters. The molecule has 2 rings (SSSR count). The minimum Gasteiger partial charge on any atom is -0.502 e. The fourth-order valence-corrected chi connectivity index (χ4v) is 2.90. The largest absolute Gasteiger partial charge is 0.502 e. The van der Waals surface area contributed by atoms with Gasteiger partial charge in [0, 0.05) is 19.0 Å². The molecule has 0 saturated heterocycles. The van der Waals surface area contributed by atoms with E-state index in [0.29, 0.717) is 12.0 Å². The zero-order valence-electron chi connectivity index (χ0n) is 13.0. The van der Waals surface area contributed by atoms with E-state index in [0.717, 1.165) is 0 Å². The zero-order valence-corrected chi connectivity index (χ0v) is 15.4. The van der Waals surface area contributed by atoms with Crippen molar-refractivity contribution in [2.75, 3.05) is 6.54 Å².